The Bertz CT molecular complexity index is 1130. The molecule has 3 heterocycles. The first-order chi connectivity index (χ1) is 15.1. The number of aromatic nitrogens is 1. The van der Waals surface area contributed by atoms with Gasteiger partial charge in [-0.3, -0.25) is 9.59 Å². The number of ether oxygens (including phenoxy) is 1. The Morgan fingerprint density at radius 2 is 1.68 bits per heavy atom. The molecule has 2 fully saturated rings. The van der Waals surface area contributed by atoms with Gasteiger partial charge in [-0.2, -0.15) is 0 Å². The molecule has 0 radical (unpaired) electrons. The zero-order valence-electron chi connectivity index (χ0n) is 17.0. The van der Waals surface area contributed by atoms with Crippen LogP contribution in [0.15, 0.2) is 60.8 Å². The van der Waals surface area contributed by atoms with E-state index in [4.69, 9.17) is 4.74 Å². The second-order valence-electron chi connectivity index (χ2n) is 8.04. The van der Waals surface area contributed by atoms with Crippen molar-refractivity contribution in [1.82, 2.24) is 14.8 Å². The molecule has 7 heteroatoms. The smallest absolute Gasteiger partial charge is 0.410 e. The van der Waals surface area contributed by atoms with E-state index in [-0.39, 0.29) is 18.2 Å². The Labute approximate surface area is 179 Å². The van der Waals surface area contributed by atoms with Crippen LogP contribution in [-0.2, 0) is 9.53 Å². The van der Waals surface area contributed by atoms with Crippen LogP contribution < -0.4 is 0 Å². The van der Waals surface area contributed by atoms with Crippen LogP contribution in [0.5, 0.6) is 0 Å². The average Bonchev–Trinajstić information content (AvgIpc) is 3.42. The summed E-state index contributed by atoms with van der Waals surface area (Å²) in [5.41, 5.74) is 2.21. The predicted octanol–water partition coefficient (Wildman–Crippen LogP) is 3.54. The van der Waals surface area contributed by atoms with E-state index in [1.165, 1.54) is 0 Å². The number of H-pyrrole nitrogens is 1. The average molecular weight is 417 g/mol. The molecular weight excluding hydrogens is 394 g/mol. The molecular formula is C24H23N3O4. The maximum Gasteiger partial charge on any atom is 0.410 e. The second kappa shape index (κ2) is 7.91. The van der Waals surface area contributed by atoms with E-state index in [1.54, 1.807) is 16.0 Å². The van der Waals surface area contributed by atoms with Gasteiger partial charge in [0, 0.05) is 36.2 Å². The summed E-state index contributed by atoms with van der Waals surface area (Å²) in [5.74, 6) is -0.991. The number of Topliss-reactive ketones (excluding diaryl/α,β-unsaturated/α-hetero) is 1. The van der Waals surface area contributed by atoms with Crippen molar-refractivity contribution in [3.8, 4) is 0 Å². The monoisotopic (exact) mass is 417 g/mol. The van der Waals surface area contributed by atoms with Gasteiger partial charge < -0.3 is 19.5 Å². The predicted molar refractivity (Wildman–Crippen MR) is 115 cm³/mol. The number of cyclic esters (lactones) is 1. The third-order valence-corrected chi connectivity index (χ3v) is 6.23. The molecule has 2 amide bonds. The molecule has 2 aliphatic heterocycles. The zero-order valence-corrected chi connectivity index (χ0v) is 17.0. The normalized spacial score (nSPS) is 19.6. The van der Waals surface area contributed by atoms with Crippen molar-refractivity contribution >= 4 is 28.7 Å². The number of ketones is 1. The molecule has 1 N–H and O–H groups in total. The van der Waals surface area contributed by atoms with Crippen LogP contribution >= 0.6 is 0 Å². The Morgan fingerprint density at radius 1 is 0.968 bits per heavy atom. The molecule has 158 valence electrons. The molecule has 5 rings (SSSR count). The molecule has 2 aliphatic rings. The molecule has 2 aromatic carbocycles. The van der Waals surface area contributed by atoms with Gasteiger partial charge in [-0.25, -0.2) is 4.79 Å². The summed E-state index contributed by atoms with van der Waals surface area (Å²) in [5, 5.41) is 0.752. The number of amides is 2. The molecule has 2 saturated heterocycles. The van der Waals surface area contributed by atoms with Gasteiger partial charge in [0.1, 0.15) is 6.10 Å². The molecule has 0 aliphatic carbocycles. The summed E-state index contributed by atoms with van der Waals surface area (Å²) in [4.78, 5) is 44.5. The second-order valence-corrected chi connectivity index (χ2v) is 8.04. The Kier molecular flexibility index (Phi) is 4.94. The molecule has 7 nitrogen and oxygen atoms in total. The van der Waals surface area contributed by atoms with E-state index in [9.17, 15) is 14.4 Å². The lowest BCUT2D eigenvalue weighted by atomic mass is 10.0. The van der Waals surface area contributed by atoms with Gasteiger partial charge >= 0.3 is 6.09 Å². The summed E-state index contributed by atoms with van der Waals surface area (Å²) in [7, 11) is 0. The lowest BCUT2D eigenvalue weighted by Gasteiger charge is -2.35. The molecule has 0 bridgehead atoms. The van der Waals surface area contributed by atoms with Crippen molar-refractivity contribution in [2.45, 2.75) is 25.0 Å². The lowest BCUT2D eigenvalue weighted by molar-refractivity contribution is -0.127. The van der Waals surface area contributed by atoms with Gasteiger partial charge in [0.15, 0.2) is 0 Å². The van der Waals surface area contributed by atoms with Gasteiger partial charge in [0.25, 0.3) is 11.7 Å². The largest absolute Gasteiger partial charge is 0.439 e. The number of hydrogen-bond donors (Lipinski definition) is 1. The van der Waals surface area contributed by atoms with Gasteiger partial charge in [-0.1, -0.05) is 48.5 Å². The molecule has 1 aromatic heterocycles. The molecule has 1 atom stereocenters. The highest BCUT2D eigenvalue weighted by Gasteiger charge is 2.39. The van der Waals surface area contributed by atoms with Crippen LogP contribution in [0.3, 0.4) is 0 Å². The Balaban J connectivity index is 1.22. The highest BCUT2D eigenvalue weighted by molar-refractivity contribution is 6.44. The van der Waals surface area contributed by atoms with Gasteiger partial charge in [-0.05, 0) is 24.5 Å². The summed E-state index contributed by atoms with van der Waals surface area (Å²) < 4.78 is 5.56. The van der Waals surface area contributed by atoms with Gasteiger partial charge in [0.2, 0.25) is 0 Å². The van der Waals surface area contributed by atoms with Crippen molar-refractivity contribution in [3.05, 3.63) is 71.9 Å². The number of rotatable bonds is 4. The quantitative estimate of drug-likeness (QED) is 0.520. The Hall–Kier alpha value is -3.61. The number of nitrogens with one attached hydrogen (secondary N) is 1. The number of nitrogens with zero attached hydrogens (tertiary/aromatic N) is 2. The molecule has 31 heavy (non-hydrogen) atoms. The number of piperidine rings is 1. The number of carbonyl (C=O) groups excluding carboxylic acids is 3. The maximum atomic E-state index is 12.8. The van der Waals surface area contributed by atoms with Crippen LogP contribution in [-0.4, -0.2) is 58.2 Å². The minimum absolute atomic E-state index is 0.00783. The third kappa shape index (κ3) is 3.56. The zero-order chi connectivity index (χ0) is 21.4. The number of para-hydroxylation sites is 1. The summed E-state index contributed by atoms with van der Waals surface area (Å²) in [6, 6.07) is 17.2. The standard InChI is InChI=1S/C24H23N3O4/c28-22(19-14-25-20-9-5-4-8-18(19)20)23(29)26-12-10-17(11-13-26)27-15-21(31-24(27)30)16-6-2-1-3-7-16/h1-9,14,17,21,25H,10-13,15H2. The maximum absolute atomic E-state index is 12.8. The fourth-order valence-corrected chi connectivity index (χ4v) is 4.52. The summed E-state index contributed by atoms with van der Waals surface area (Å²) in [6.07, 6.45) is 2.28. The topological polar surface area (TPSA) is 82.7 Å². The van der Waals surface area contributed by atoms with E-state index in [2.05, 4.69) is 4.98 Å². The summed E-state index contributed by atoms with van der Waals surface area (Å²) in [6.45, 7) is 1.39. The van der Waals surface area contributed by atoms with Crippen molar-refractivity contribution in [1.29, 1.82) is 0 Å². The van der Waals surface area contributed by atoms with E-state index in [1.807, 2.05) is 54.6 Å². The highest BCUT2D eigenvalue weighted by Crippen LogP contribution is 2.30. The first kappa shape index (κ1) is 19.4. The number of benzene rings is 2. The first-order valence-corrected chi connectivity index (χ1v) is 10.5. The molecule has 0 saturated carbocycles. The SMILES string of the molecule is O=C(C(=O)N1CCC(N2CC(c3ccccc3)OC2=O)CC1)c1c[nH]c2ccccc12. The molecule has 3 aromatic rings. The van der Waals surface area contributed by atoms with Gasteiger partial charge in [0.05, 0.1) is 12.1 Å². The number of fused-ring (bicyclic) bond motifs is 1. The molecule has 1 unspecified atom stereocenters. The number of aromatic amines is 1. The fourth-order valence-electron chi connectivity index (χ4n) is 4.52. The summed E-state index contributed by atoms with van der Waals surface area (Å²) >= 11 is 0. The minimum Gasteiger partial charge on any atom is -0.439 e. The van der Waals surface area contributed by atoms with Gasteiger partial charge in [-0.15, -0.1) is 0 Å². The van der Waals surface area contributed by atoms with E-state index >= 15 is 0 Å². The van der Waals surface area contributed by atoms with Crippen molar-refractivity contribution < 1.29 is 19.1 Å². The Morgan fingerprint density at radius 3 is 2.45 bits per heavy atom. The minimum atomic E-state index is -0.499. The van der Waals surface area contributed by atoms with E-state index in [0.717, 1.165) is 16.5 Å². The van der Waals surface area contributed by atoms with Crippen molar-refractivity contribution in [2.24, 2.45) is 0 Å². The van der Waals surface area contributed by atoms with Crippen LogP contribution in [0.25, 0.3) is 10.9 Å². The van der Waals surface area contributed by atoms with Crippen molar-refractivity contribution in [3.63, 3.8) is 0 Å². The van der Waals surface area contributed by atoms with Crippen LogP contribution in [0.2, 0.25) is 0 Å². The number of likely N-dealkylation sites (tertiary alicyclic amines) is 1. The number of carbonyl (C=O) groups is 3. The van der Waals surface area contributed by atoms with Crippen LogP contribution in [0.4, 0.5) is 4.79 Å². The fraction of sp³-hybridized carbons (Fsp3) is 0.292. The third-order valence-electron chi connectivity index (χ3n) is 6.23. The first-order valence-electron chi connectivity index (χ1n) is 10.5. The highest BCUT2D eigenvalue weighted by atomic mass is 16.6. The molecule has 0 spiro atoms. The van der Waals surface area contributed by atoms with Crippen LogP contribution in [0, 0.1) is 0 Å². The van der Waals surface area contributed by atoms with Crippen LogP contribution in [0.1, 0.15) is 34.9 Å². The van der Waals surface area contributed by atoms with E-state index < -0.39 is 11.7 Å². The lowest BCUT2D eigenvalue weighted by Crippen LogP contribution is -2.48. The van der Waals surface area contributed by atoms with E-state index in [0.29, 0.717) is 38.0 Å². The van der Waals surface area contributed by atoms with Crippen molar-refractivity contribution in [2.75, 3.05) is 19.6 Å². The number of hydrogen-bond acceptors (Lipinski definition) is 4.